The number of allylic oxidation sites excluding steroid dienone is 2. The average molecular weight is 378 g/mol. The van der Waals surface area contributed by atoms with E-state index in [1.54, 1.807) is 7.11 Å². The molecule has 3 nitrogen and oxygen atoms in total. The first-order valence-electron chi connectivity index (χ1n) is 9.95. The van der Waals surface area contributed by atoms with E-state index in [4.69, 9.17) is 14.0 Å². The zero-order chi connectivity index (χ0) is 20.4. The lowest BCUT2D eigenvalue weighted by atomic mass is 9.74. The van der Waals surface area contributed by atoms with Crippen LogP contribution < -0.4 is 4.74 Å². The molecule has 1 atom stereocenters. The SMILES string of the molecule is COc1ccc([C@@H](/C=C(\C)c2ccccc2)CB2OC(C)(C)C(C)(C)O2)cc1. The van der Waals surface area contributed by atoms with Crippen LogP contribution in [0.3, 0.4) is 0 Å². The summed E-state index contributed by atoms with van der Waals surface area (Å²) in [4.78, 5) is 0. The highest BCUT2D eigenvalue weighted by Crippen LogP contribution is 2.40. The van der Waals surface area contributed by atoms with Crippen molar-refractivity contribution in [1.82, 2.24) is 0 Å². The molecular formula is C24H31BO3. The first-order chi connectivity index (χ1) is 13.2. The molecule has 4 heteroatoms. The highest BCUT2D eigenvalue weighted by atomic mass is 16.7. The average Bonchev–Trinajstić information content (AvgIpc) is 2.88. The van der Waals surface area contributed by atoms with E-state index in [1.165, 1.54) is 16.7 Å². The molecule has 1 aliphatic rings. The van der Waals surface area contributed by atoms with Crippen LogP contribution in [0.5, 0.6) is 5.75 Å². The van der Waals surface area contributed by atoms with Crippen molar-refractivity contribution in [2.24, 2.45) is 0 Å². The van der Waals surface area contributed by atoms with Crippen molar-refractivity contribution < 1.29 is 14.0 Å². The minimum atomic E-state index is -0.319. The second-order valence-corrected chi connectivity index (χ2v) is 8.52. The molecular weight excluding hydrogens is 347 g/mol. The summed E-state index contributed by atoms with van der Waals surface area (Å²) in [6.07, 6.45) is 3.09. The molecule has 0 saturated carbocycles. The minimum absolute atomic E-state index is 0.181. The van der Waals surface area contributed by atoms with Gasteiger partial charge in [-0.25, -0.2) is 0 Å². The van der Waals surface area contributed by atoms with Crippen LogP contribution in [0.4, 0.5) is 0 Å². The molecule has 0 bridgehead atoms. The van der Waals surface area contributed by atoms with Gasteiger partial charge in [0.2, 0.25) is 0 Å². The van der Waals surface area contributed by atoms with Gasteiger partial charge < -0.3 is 14.0 Å². The van der Waals surface area contributed by atoms with Gasteiger partial charge in [0.1, 0.15) is 5.75 Å². The Balaban J connectivity index is 1.88. The summed E-state index contributed by atoms with van der Waals surface area (Å²) in [5, 5.41) is 0. The zero-order valence-corrected chi connectivity index (χ0v) is 17.9. The molecule has 0 spiro atoms. The number of benzene rings is 2. The quantitative estimate of drug-likeness (QED) is 0.579. The molecule has 1 fully saturated rings. The van der Waals surface area contributed by atoms with Crippen molar-refractivity contribution in [3.63, 3.8) is 0 Å². The van der Waals surface area contributed by atoms with Crippen LogP contribution in [-0.2, 0) is 9.31 Å². The van der Waals surface area contributed by atoms with Gasteiger partial charge >= 0.3 is 7.12 Å². The maximum atomic E-state index is 6.27. The maximum Gasteiger partial charge on any atom is 0.458 e. The zero-order valence-electron chi connectivity index (χ0n) is 17.9. The fourth-order valence-corrected chi connectivity index (χ4v) is 3.52. The lowest BCUT2D eigenvalue weighted by molar-refractivity contribution is 0.00578. The summed E-state index contributed by atoms with van der Waals surface area (Å²) in [6, 6.07) is 18.8. The molecule has 28 heavy (non-hydrogen) atoms. The van der Waals surface area contributed by atoms with Crippen LogP contribution in [-0.4, -0.2) is 25.4 Å². The Morgan fingerprint density at radius 3 is 2.07 bits per heavy atom. The second kappa shape index (κ2) is 8.14. The van der Waals surface area contributed by atoms with Crippen LogP contribution >= 0.6 is 0 Å². The van der Waals surface area contributed by atoms with Gasteiger partial charge in [0.15, 0.2) is 0 Å². The fourth-order valence-electron chi connectivity index (χ4n) is 3.52. The van der Waals surface area contributed by atoms with Crippen LogP contribution in [0.1, 0.15) is 51.7 Å². The Bertz CT molecular complexity index is 794. The van der Waals surface area contributed by atoms with E-state index in [1.807, 2.05) is 18.2 Å². The van der Waals surface area contributed by atoms with Gasteiger partial charge in [-0.05, 0) is 69.8 Å². The third-order valence-electron chi connectivity index (χ3n) is 5.97. The molecule has 3 rings (SSSR count). The summed E-state index contributed by atoms with van der Waals surface area (Å²) in [5.74, 6) is 1.04. The van der Waals surface area contributed by atoms with E-state index in [9.17, 15) is 0 Å². The van der Waals surface area contributed by atoms with Crippen LogP contribution in [0.25, 0.3) is 5.57 Å². The van der Waals surface area contributed by atoms with Crippen molar-refractivity contribution in [3.8, 4) is 5.75 Å². The summed E-state index contributed by atoms with van der Waals surface area (Å²) >= 11 is 0. The Morgan fingerprint density at radius 1 is 0.964 bits per heavy atom. The predicted molar refractivity (Wildman–Crippen MR) is 117 cm³/mol. The fraction of sp³-hybridized carbons (Fsp3) is 0.417. The Kier molecular flexibility index (Phi) is 6.02. The van der Waals surface area contributed by atoms with Gasteiger partial charge in [-0.2, -0.15) is 0 Å². The predicted octanol–water partition coefficient (Wildman–Crippen LogP) is 5.97. The number of rotatable bonds is 6. The number of hydrogen-bond acceptors (Lipinski definition) is 3. The minimum Gasteiger partial charge on any atom is -0.497 e. The topological polar surface area (TPSA) is 27.7 Å². The molecule has 2 aromatic rings. The number of hydrogen-bond donors (Lipinski definition) is 0. The number of methoxy groups -OCH3 is 1. The van der Waals surface area contributed by atoms with Gasteiger partial charge in [0.05, 0.1) is 18.3 Å². The summed E-state index contributed by atoms with van der Waals surface area (Å²) in [6.45, 7) is 10.6. The van der Waals surface area contributed by atoms with E-state index in [0.717, 1.165) is 12.1 Å². The first-order valence-corrected chi connectivity index (χ1v) is 9.95. The third kappa shape index (κ3) is 4.51. The van der Waals surface area contributed by atoms with E-state index in [0.29, 0.717) is 0 Å². The van der Waals surface area contributed by atoms with Crippen LogP contribution in [0, 0.1) is 0 Å². The summed E-state index contributed by atoms with van der Waals surface area (Å²) < 4.78 is 17.9. The lowest BCUT2D eigenvalue weighted by Crippen LogP contribution is -2.41. The molecule has 1 heterocycles. The largest absolute Gasteiger partial charge is 0.497 e. The molecule has 2 aromatic carbocycles. The van der Waals surface area contributed by atoms with Crippen molar-refractivity contribution in [2.45, 2.75) is 58.1 Å². The third-order valence-corrected chi connectivity index (χ3v) is 5.97. The van der Waals surface area contributed by atoms with Crippen molar-refractivity contribution in [3.05, 3.63) is 71.8 Å². The van der Waals surface area contributed by atoms with E-state index in [-0.39, 0.29) is 24.2 Å². The molecule has 0 unspecified atom stereocenters. The monoisotopic (exact) mass is 378 g/mol. The van der Waals surface area contributed by atoms with E-state index < -0.39 is 0 Å². The molecule has 0 aromatic heterocycles. The van der Waals surface area contributed by atoms with Gasteiger partial charge in [-0.15, -0.1) is 0 Å². The molecule has 0 N–H and O–H groups in total. The van der Waals surface area contributed by atoms with E-state index >= 15 is 0 Å². The molecule has 1 saturated heterocycles. The molecule has 1 aliphatic heterocycles. The van der Waals surface area contributed by atoms with Gasteiger partial charge in [-0.1, -0.05) is 48.5 Å². The highest BCUT2D eigenvalue weighted by molar-refractivity contribution is 6.45. The molecule has 148 valence electrons. The first kappa shape index (κ1) is 20.7. The Morgan fingerprint density at radius 2 is 1.54 bits per heavy atom. The summed E-state index contributed by atoms with van der Waals surface area (Å²) in [7, 11) is 1.45. The highest BCUT2D eigenvalue weighted by Gasteiger charge is 2.51. The molecule has 0 radical (unpaired) electrons. The van der Waals surface area contributed by atoms with Gasteiger partial charge in [-0.3, -0.25) is 0 Å². The van der Waals surface area contributed by atoms with Crippen molar-refractivity contribution in [2.75, 3.05) is 7.11 Å². The van der Waals surface area contributed by atoms with Gasteiger partial charge in [0.25, 0.3) is 0 Å². The normalized spacial score (nSPS) is 19.5. The second-order valence-electron chi connectivity index (χ2n) is 8.52. The lowest BCUT2D eigenvalue weighted by Gasteiger charge is -2.32. The molecule has 0 amide bonds. The maximum absolute atomic E-state index is 6.27. The standard InChI is InChI=1S/C24H31BO3/c1-18(19-10-8-7-9-11-19)16-21(20-12-14-22(26-6)15-13-20)17-25-27-23(2,3)24(4,5)28-25/h7-16,21H,17H2,1-6H3/b18-16+/t21-/m0/s1. The Labute approximate surface area is 169 Å². The Hall–Kier alpha value is -2.04. The van der Waals surface area contributed by atoms with Crippen LogP contribution in [0.2, 0.25) is 6.32 Å². The van der Waals surface area contributed by atoms with Crippen molar-refractivity contribution >= 4 is 12.7 Å². The number of ether oxygens (including phenoxy) is 1. The molecule has 0 aliphatic carbocycles. The van der Waals surface area contributed by atoms with E-state index in [2.05, 4.69) is 77.1 Å². The smallest absolute Gasteiger partial charge is 0.458 e. The summed E-state index contributed by atoms with van der Waals surface area (Å²) in [5.41, 5.74) is 3.07. The van der Waals surface area contributed by atoms with Crippen molar-refractivity contribution in [1.29, 1.82) is 0 Å². The van der Waals surface area contributed by atoms with Crippen LogP contribution in [0.15, 0.2) is 60.7 Å². The van der Waals surface area contributed by atoms with Gasteiger partial charge in [0, 0.05) is 5.92 Å².